The highest BCUT2D eigenvalue weighted by Crippen LogP contribution is 2.36. The van der Waals surface area contributed by atoms with Gasteiger partial charge >= 0.3 is 0 Å². The molecule has 134 valence electrons. The van der Waals surface area contributed by atoms with Crippen molar-refractivity contribution < 1.29 is 4.74 Å². The van der Waals surface area contributed by atoms with Gasteiger partial charge in [0.15, 0.2) is 0 Å². The first-order chi connectivity index (χ1) is 10.9. The molecule has 0 unspecified atom stereocenters. The fourth-order valence-corrected chi connectivity index (χ4v) is 4.03. The van der Waals surface area contributed by atoms with Gasteiger partial charge in [0.2, 0.25) is 0 Å². The quantitative estimate of drug-likeness (QED) is 0.868. The van der Waals surface area contributed by atoms with Gasteiger partial charge in [0.25, 0.3) is 0 Å². The van der Waals surface area contributed by atoms with E-state index in [1.807, 2.05) is 6.20 Å². The fourth-order valence-electron chi connectivity index (χ4n) is 4.03. The molecule has 2 saturated heterocycles. The van der Waals surface area contributed by atoms with E-state index in [0.29, 0.717) is 12.0 Å². The lowest BCUT2D eigenvalue weighted by atomic mass is 9.85. The van der Waals surface area contributed by atoms with Gasteiger partial charge in [0, 0.05) is 57.1 Å². The predicted molar refractivity (Wildman–Crippen MR) is 104 cm³/mol. The topological polar surface area (TPSA) is 40.3 Å². The molecule has 0 bridgehead atoms. The maximum Gasteiger partial charge on any atom is 0.0469 e. The van der Waals surface area contributed by atoms with E-state index >= 15 is 0 Å². The molecule has 4 nitrogen and oxygen atoms in total. The molecule has 6 heteroatoms. The van der Waals surface area contributed by atoms with E-state index in [4.69, 9.17) is 4.74 Å². The summed E-state index contributed by atoms with van der Waals surface area (Å²) in [5.41, 5.74) is 2.70. The third kappa shape index (κ3) is 4.06. The Morgan fingerprint density at radius 2 is 1.79 bits per heavy atom. The van der Waals surface area contributed by atoms with E-state index in [2.05, 4.69) is 39.5 Å². The Bertz CT molecular complexity index is 604. The van der Waals surface area contributed by atoms with Gasteiger partial charge in [-0.2, -0.15) is 0 Å². The van der Waals surface area contributed by atoms with Crippen LogP contribution >= 0.6 is 24.8 Å². The van der Waals surface area contributed by atoms with Crippen LogP contribution in [0.4, 0.5) is 0 Å². The second-order valence-electron chi connectivity index (χ2n) is 6.50. The van der Waals surface area contributed by atoms with Crippen LogP contribution in [0.15, 0.2) is 30.5 Å². The van der Waals surface area contributed by atoms with E-state index in [1.54, 1.807) is 0 Å². The zero-order chi connectivity index (χ0) is 14.8. The third-order valence-corrected chi connectivity index (χ3v) is 5.18. The summed E-state index contributed by atoms with van der Waals surface area (Å²) in [7, 11) is 0. The first-order valence-electron chi connectivity index (χ1n) is 8.51. The molecule has 2 N–H and O–H groups in total. The summed E-state index contributed by atoms with van der Waals surface area (Å²) < 4.78 is 5.60. The number of piperazine rings is 1. The minimum absolute atomic E-state index is 0. The van der Waals surface area contributed by atoms with Gasteiger partial charge in [-0.3, -0.25) is 4.90 Å². The Labute approximate surface area is 156 Å². The Morgan fingerprint density at radius 3 is 2.54 bits per heavy atom. The lowest BCUT2D eigenvalue weighted by Crippen LogP contribution is -2.47. The van der Waals surface area contributed by atoms with Crippen molar-refractivity contribution in [3.8, 4) is 0 Å². The average molecular weight is 372 g/mol. The average Bonchev–Trinajstić information content (AvgIpc) is 3.05. The van der Waals surface area contributed by atoms with Crippen molar-refractivity contribution >= 4 is 35.7 Å². The molecule has 2 aliphatic rings. The summed E-state index contributed by atoms with van der Waals surface area (Å²) in [6.45, 7) is 6.33. The number of ether oxygens (including phenoxy) is 1. The summed E-state index contributed by atoms with van der Waals surface area (Å²) in [6, 6.07) is 9.65. The number of benzene rings is 1. The molecule has 1 atom stereocenters. The molecule has 0 amide bonds. The molecule has 0 radical (unpaired) electrons. The number of H-pyrrole nitrogens is 1. The first-order valence-corrected chi connectivity index (χ1v) is 8.51. The molecule has 1 aromatic heterocycles. The van der Waals surface area contributed by atoms with E-state index in [0.717, 1.165) is 39.4 Å². The molecular weight excluding hydrogens is 345 g/mol. The highest BCUT2D eigenvalue weighted by atomic mass is 35.5. The molecule has 0 spiro atoms. The lowest BCUT2D eigenvalue weighted by molar-refractivity contribution is 0.0213. The second-order valence-corrected chi connectivity index (χ2v) is 6.50. The summed E-state index contributed by atoms with van der Waals surface area (Å²) in [4.78, 5) is 5.98. The van der Waals surface area contributed by atoms with Gasteiger partial charge in [0.1, 0.15) is 0 Å². The number of hydrogen-bond acceptors (Lipinski definition) is 3. The number of aromatic nitrogens is 1. The van der Waals surface area contributed by atoms with Gasteiger partial charge in [-0.15, -0.1) is 24.8 Å². The molecule has 0 saturated carbocycles. The summed E-state index contributed by atoms with van der Waals surface area (Å²) >= 11 is 0. The van der Waals surface area contributed by atoms with Crippen molar-refractivity contribution in [1.29, 1.82) is 0 Å². The van der Waals surface area contributed by atoms with Gasteiger partial charge in [0.05, 0.1) is 0 Å². The highest BCUT2D eigenvalue weighted by molar-refractivity contribution is 5.85. The Hall–Kier alpha value is -0.780. The molecule has 0 aliphatic carbocycles. The molecule has 2 fully saturated rings. The second kappa shape index (κ2) is 9.07. The van der Waals surface area contributed by atoms with Crippen molar-refractivity contribution in [2.24, 2.45) is 5.92 Å². The first kappa shape index (κ1) is 19.5. The van der Waals surface area contributed by atoms with Gasteiger partial charge < -0.3 is 15.0 Å². The maximum absolute atomic E-state index is 5.60. The van der Waals surface area contributed by atoms with E-state index in [9.17, 15) is 0 Å². The maximum atomic E-state index is 5.60. The molecule has 3 heterocycles. The number of nitrogens with one attached hydrogen (secondary N) is 2. The number of nitrogens with zero attached hydrogens (tertiary/aromatic N) is 1. The number of aromatic amines is 1. The van der Waals surface area contributed by atoms with Crippen LogP contribution in [0.1, 0.15) is 24.4 Å². The van der Waals surface area contributed by atoms with Crippen LogP contribution in [0.3, 0.4) is 0 Å². The van der Waals surface area contributed by atoms with Crippen LogP contribution in [0.5, 0.6) is 0 Å². The van der Waals surface area contributed by atoms with Crippen LogP contribution in [0.25, 0.3) is 10.9 Å². The molecular formula is C18H27Cl2N3O. The van der Waals surface area contributed by atoms with E-state index in [-0.39, 0.29) is 24.8 Å². The van der Waals surface area contributed by atoms with Crippen LogP contribution < -0.4 is 5.32 Å². The molecule has 24 heavy (non-hydrogen) atoms. The smallest absolute Gasteiger partial charge is 0.0469 e. The molecule has 4 rings (SSSR count). The monoisotopic (exact) mass is 371 g/mol. The summed E-state index contributed by atoms with van der Waals surface area (Å²) in [5.74, 6) is 0.711. The Balaban J connectivity index is 0.00000104. The van der Waals surface area contributed by atoms with Crippen molar-refractivity contribution in [1.82, 2.24) is 15.2 Å². The number of fused-ring (bicyclic) bond motifs is 1. The Kier molecular flexibility index (Phi) is 7.38. The predicted octanol–water partition coefficient (Wildman–Crippen LogP) is 3.38. The molecule has 2 aromatic rings. The summed E-state index contributed by atoms with van der Waals surface area (Å²) in [5, 5.41) is 4.80. The Morgan fingerprint density at radius 1 is 1.04 bits per heavy atom. The van der Waals surface area contributed by atoms with Crippen LogP contribution in [0, 0.1) is 5.92 Å². The SMILES string of the molecule is Cl.Cl.c1cc2cc([C@H](C3CCOCC3)N3CCNCC3)ccc2[nH]1. The van der Waals surface area contributed by atoms with Crippen LogP contribution in [-0.2, 0) is 4.74 Å². The highest BCUT2D eigenvalue weighted by Gasteiger charge is 2.31. The van der Waals surface area contributed by atoms with E-state index in [1.165, 1.54) is 29.3 Å². The third-order valence-electron chi connectivity index (χ3n) is 5.18. The number of hydrogen-bond donors (Lipinski definition) is 2. The normalized spacial score (nSPS) is 21.0. The van der Waals surface area contributed by atoms with Gasteiger partial charge in [-0.05, 0) is 47.9 Å². The van der Waals surface area contributed by atoms with Crippen molar-refractivity contribution in [2.45, 2.75) is 18.9 Å². The molecule has 2 aliphatic heterocycles. The molecule has 1 aromatic carbocycles. The standard InChI is InChI=1S/C18H25N3O.2ClH/c1-2-17-15(3-6-20-17)13-16(1)18(14-4-11-22-12-5-14)21-9-7-19-8-10-21;;/h1-3,6,13-14,18-20H,4-5,7-12H2;2*1H/t18-;;/m0../s1. The van der Waals surface area contributed by atoms with Crippen molar-refractivity contribution in [3.63, 3.8) is 0 Å². The number of rotatable bonds is 3. The van der Waals surface area contributed by atoms with Crippen LogP contribution in [0.2, 0.25) is 0 Å². The van der Waals surface area contributed by atoms with Crippen molar-refractivity contribution in [3.05, 3.63) is 36.0 Å². The zero-order valence-electron chi connectivity index (χ0n) is 13.9. The largest absolute Gasteiger partial charge is 0.381 e. The summed E-state index contributed by atoms with van der Waals surface area (Å²) in [6.07, 6.45) is 4.39. The zero-order valence-corrected chi connectivity index (χ0v) is 15.5. The number of halogens is 2. The van der Waals surface area contributed by atoms with E-state index < -0.39 is 0 Å². The minimum Gasteiger partial charge on any atom is -0.381 e. The lowest BCUT2D eigenvalue weighted by Gasteiger charge is -2.41. The fraction of sp³-hybridized carbons (Fsp3) is 0.556. The van der Waals surface area contributed by atoms with Gasteiger partial charge in [-0.25, -0.2) is 0 Å². The van der Waals surface area contributed by atoms with Crippen LogP contribution in [-0.4, -0.2) is 49.3 Å². The van der Waals surface area contributed by atoms with Crippen molar-refractivity contribution in [2.75, 3.05) is 39.4 Å². The van der Waals surface area contributed by atoms with Gasteiger partial charge in [-0.1, -0.05) is 6.07 Å². The minimum atomic E-state index is 0.